The summed E-state index contributed by atoms with van der Waals surface area (Å²) >= 11 is 0. The molecule has 36 heavy (non-hydrogen) atoms. The van der Waals surface area contributed by atoms with Crippen LogP contribution in [0.15, 0.2) is 76.9 Å². The zero-order valence-electron chi connectivity index (χ0n) is 18.5. The van der Waals surface area contributed by atoms with Gasteiger partial charge in [0.05, 0.1) is 28.8 Å². The molecule has 1 aliphatic heterocycles. The predicted octanol–water partition coefficient (Wildman–Crippen LogP) is 4.56. The third-order valence-corrected chi connectivity index (χ3v) is 6.27. The van der Waals surface area contributed by atoms with Gasteiger partial charge in [-0.25, -0.2) is 22.6 Å². The zero-order chi connectivity index (χ0) is 26.1. The van der Waals surface area contributed by atoms with Crippen LogP contribution in [-0.4, -0.2) is 49.3 Å². The second-order valence-corrected chi connectivity index (χ2v) is 9.84. The number of nitrogens with zero attached hydrogens (tertiary/aromatic N) is 3. The zero-order valence-corrected chi connectivity index (χ0v) is 19.3. The molecule has 2 aromatic carbocycles. The first kappa shape index (κ1) is 25.1. The molecule has 1 aromatic heterocycles. The van der Waals surface area contributed by atoms with E-state index < -0.39 is 39.7 Å². The summed E-state index contributed by atoms with van der Waals surface area (Å²) in [5.74, 6) is -1.46. The molecule has 1 N–H and O–H groups in total. The fourth-order valence-corrected chi connectivity index (χ4v) is 4.05. The molecule has 3 aromatic rings. The highest BCUT2D eigenvalue weighted by Crippen LogP contribution is 2.29. The van der Waals surface area contributed by atoms with Crippen LogP contribution in [0.1, 0.15) is 17.2 Å². The lowest BCUT2D eigenvalue weighted by atomic mass is 9.94. The summed E-state index contributed by atoms with van der Waals surface area (Å²) in [5.41, 5.74) is 1.57. The molecule has 4 rings (SSSR count). The Balaban J connectivity index is 1.57. The number of hydrogen-bond acceptors (Lipinski definition) is 6. The third kappa shape index (κ3) is 5.97. The molecule has 188 valence electrons. The second-order valence-electron chi connectivity index (χ2n) is 7.82. The Morgan fingerprint density at radius 2 is 1.72 bits per heavy atom. The van der Waals surface area contributed by atoms with E-state index in [0.717, 1.165) is 23.4 Å². The molecular formula is C23H18F4N4O4S. The highest BCUT2D eigenvalue weighted by Gasteiger charge is 2.34. The van der Waals surface area contributed by atoms with E-state index in [0.29, 0.717) is 17.0 Å². The van der Waals surface area contributed by atoms with Gasteiger partial charge in [-0.05, 0) is 54.1 Å². The van der Waals surface area contributed by atoms with Gasteiger partial charge in [-0.3, -0.25) is 4.98 Å². The molecule has 1 unspecified atom stereocenters. The molecule has 0 saturated carbocycles. The fraction of sp³-hybridized carbons (Fsp3) is 0.174. The summed E-state index contributed by atoms with van der Waals surface area (Å²) in [7, 11) is -3.47. The van der Waals surface area contributed by atoms with E-state index in [4.69, 9.17) is 0 Å². The second kappa shape index (κ2) is 9.57. The lowest BCUT2D eigenvalue weighted by Crippen LogP contribution is -2.30. The smallest absolute Gasteiger partial charge is 0.406 e. The molecule has 0 fully saturated rings. The maximum atomic E-state index is 13.5. The van der Waals surface area contributed by atoms with Crippen molar-refractivity contribution in [1.82, 2.24) is 9.99 Å². The molecule has 8 nitrogen and oxygen atoms in total. The molecule has 0 radical (unpaired) electrons. The molecule has 0 saturated heterocycles. The van der Waals surface area contributed by atoms with Crippen LogP contribution in [0.25, 0.3) is 0 Å². The molecule has 1 atom stereocenters. The van der Waals surface area contributed by atoms with Crippen LogP contribution in [0.3, 0.4) is 0 Å². The van der Waals surface area contributed by atoms with Gasteiger partial charge in [0.2, 0.25) is 0 Å². The van der Waals surface area contributed by atoms with E-state index >= 15 is 0 Å². The van der Waals surface area contributed by atoms with Crippen LogP contribution < -0.4 is 10.1 Å². The minimum Gasteiger partial charge on any atom is -0.406 e. The molecule has 2 heterocycles. The Hall–Kier alpha value is -4.00. The number of anilines is 1. The van der Waals surface area contributed by atoms with E-state index in [1.165, 1.54) is 54.7 Å². The highest BCUT2D eigenvalue weighted by atomic mass is 32.2. The van der Waals surface area contributed by atoms with Crippen molar-refractivity contribution in [2.75, 3.05) is 18.1 Å². The van der Waals surface area contributed by atoms with Crippen LogP contribution in [0.2, 0.25) is 0 Å². The van der Waals surface area contributed by atoms with Crippen molar-refractivity contribution in [2.45, 2.75) is 17.2 Å². The first-order valence-electron chi connectivity index (χ1n) is 10.3. The number of carbonyl (C=O) groups excluding carboxylic acids is 1. The SMILES string of the molecule is CS(=O)(=O)c1ccc(C2CN(C(=O)Nc3ccc(OC(F)(F)F)cc3)N=C2c2ccc(F)cc2)nc1. The molecule has 2 amide bonds. The summed E-state index contributed by atoms with van der Waals surface area (Å²) in [4.78, 5) is 17.1. The molecule has 0 aliphatic carbocycles. The topological polar surface area (TPSA) is 101 Å². The van der Waals surface area contributed by atoms with Gasteiger partial charge in [-0.2, -0.15) is 5.10 Å². The van der Waals surface area contributed by atoms with Gasteiger partial charge in [0, 0.05) is 18.1 Å². The number of hydrogen-bond donors (Lipinski definition) is 1. The van der Waals surface area contributed by atoms with Crippen molar-refractivity contribution in [2.24, 2.45) is 5.10 Å². The average Bonchev–Trinajstić information content (AvgIpc) is 3.25. The first-order chi connectivity index (χ1) is 16.9. The van der Waals surface area contributed by atoms with Crippen LogP contribution in [-0.2, 0) is 9.84 Å². The summed E-state index contributed by atoms with van der Waals surface area (Å²) < 4.78 is 77.8. The number of alkyl halides is 3. The van der Waals surface area contributed by atoms with E-state index in [9.17, 15) is 30.8 Å². The highest BCUT2D eigenvalue weighted by molar-refractivity contribution is 7.90. The number of amides is 2. The molecular weight excluding hydrogens is 504 g/mol. The van der Waals surface area contributed by atoms with Gasteiger partial charge in [-0.1, -0.05) is 12.1 Å². The van der Waals surface area contributed by atoms with E-state index in [1.807, 2.05) is 0 Å². The Bertz CT molecular complexity index is 1390. The van der Waals surface area contributed by atoms with Crippen molar-refractivity contribution in [3.63, 3.8) is 0 Å². The monoisotopic (exact) mass is 522 g/mol. The number of ether oxygens (including phenoxy) is 1. The van der Waals surface area contributed by atoms with Crippen molar-refractivity contribution < 1.29 is 35.5 Å². The van der Waals surface area contributed by atoms with Gasteiger partial charge >= 0.3 is 12.4 Å². The lowest BCUT2D eigenvalue weighted by molar-refractivity contribution is -0.274. The lowest BCUT2D eigenvalue weighted by Gasteiger charge is -2.16. The normalized spacial score (nSPS) is 16.0. The number of pyridine rings is 1. The van der Waals surface area contributed by atoms with Crippen molar-refractivity contribution >= 4 is 27.3 Å². The minimum absolute atomic E-state index is 0.0251. The molecule has 13 heteroatoms. The van der Waals surface area contributed by atoms with Crippen LogP contribution in [0.5, 0.6) is 5.75 Å². The Morgan fingerprint density at radius 1 is 1.06 bits per heavy atom. The minimum atomic E-state index is -4.84. The Labute approximate surface area is 203 Å². The summed E-state index contributed by atoms with van der Waals surface area (Å²) in [6.45, 7) is 0.0268. The maximum Gasteiger partial charge on any atom is 0.573 e. The summed E-state index contributed by atoms with van der Waals surface area (Å²) in [6.07, 6.45) is -2.58. The average molecular weight is 522 g/mol. The number of hydrazone groups is 1. The standard InChI is InChI=1S/C23H18F4N4O4S/c1-36(33,34)18-10-11-20(28-12-18)19-13-31(30-21(19)14-2-4-15(24)5-3-14)22(32)29-16-6-8-17(9-7-16)35-23(25,26)27/h2-12,19H,13H2,1H3,(H,29,32). The van der Waals surface area contributed by atoms with Gasteiger partial charge in [0.15, 0.2) is 9.84 Å². The quantitative estimate of drug-likeness (QED) is 0.496. The number of halogens is 4. The number of rotatable bonds is 5. The number of nitrogens with one attached hydrogen (secondary N) is 1. The van der Waals surface area contributed by atoms with Gasteiger partial charge < -0.3 is 10.1 Å². The third-order valence-electron chi connectivity index (χ3n) is 5.17. The molecule has 0 spiro atoms. The van der Waals surface area contributed by atoms with Gasteiger partial charge in [0.1, 0.15) is 11.6 Å². The van der Waals surface area contributed by atoms with E-state index in [1.54, 1.807) is 0 Å². The van der Waals surface area contributed by atoms with Crippen molar-refractivity contribution in [1.29, 1.82) is 0 Å². The van der Waals surface area contributed by atoms with Gasteiger partial charge in [-0.15, -0.1) is 13.2 Å². The van der Waals surface area contributed by atoms with E-state index in [2.05, 4.69) is 20.1 Å². The Morgan fingerprint density at radius 3 is 2.28 bits per heavy atom. The van der Waals surface area contributed by atoms with Crippen molar-refractivity contribution in [3.8, 4) is 5.75 Å². The van der Waals surface area contributed by atoms with Crippen molar-refractivity contribution in [3.05, 3.63) is 83.9 Å². The maximum absolute atomic E-state index is 13.5. The summed E-state index contributed by atoms with van der Waals surface area (Å²) in [5, 5.41) is 8.01. The largest absolute Gasteiger partial charge is 0.573 e. The van der Waals surface area contributed by atoms with Gasteiger partial charge in [0.25, 0.3) is 0 Å². The molecule has 1 aliphatic rings. The van der Waals surface area contributed by atoms with Crippen LogP contribution >= 0.6 is 0 Å². The number of benzene rings is 2. The fourth-order valence-electron chi connectivity index (χ4n) is 3.49. The first-order valence-corrected chi connectivity index (χ1v) is 12.2. The Kier molecular flexibility index (Phi) is 6.67. The number of urea groups is 1. The predicted molar refractivity (Wildman–Crippen MR) is 122 cm³/mol. The van der Waals surface area contributed by atoms with E-state index in [-0.39, 0.29) is 17.1 Å². The molecule has 0 bridgehead atoms. The summed E-state index contributed by atoms with van der Waals surface area (Å²) in [6, 6.07) is 12.3. The number of sulfone groups is 1. The number of aromatic nitrogens is 1. The van der Waals surface area contributed by atoms with Crippen LogP contribution in [0.4, 0.5) is 28.0 Å². The number of carbonyl (C=O) groups is 1. The van der Waals surface area contributed by atoms with Crippen LogP contribution in [0, 0.1) is 5.82 Å².